The molecule has 0 aliphatic rings. The molecule has 2 aromatic carbocycles. The predicted molar refractivity (Wildman–Crippen MR) is 96.1 cm³/mol. The minimum atomic E-state index is -0.218. The Labute approximate surface area is 150 Å². The fraction of sp³-hybridized carbons (Fsp3) is 0.105. The summed E-state index contributed by atoms with van der Waals surface area (Å²) < 4.78 is 5.29. The third-order valence-corrected chi connectivity index (χ3v) is 3.90. The van der Waals surface area contributed by atoms with Gasteiger partial charge in [0.2, 0.25) is 11.7 Å². The van der Waals surface area contributed by atoms with E-state index < -0.39 is 0 Å². The van der Waals surface area contributed by atoms with Crippen molar-refractivity contribution in [2.45, 2.75) is 6.54 Å². The van der Waals surface area contributed by atoms with Crippen molar-refractivity contribution in [3.63, 3.8) is 0 Å². The summed E-state index contributed by atoms with van der Waals surface area (Å²) in [7, 11) is 0. The van der Waals surface area contributed by atoms with Gasteiger partial charge < -0.3 is 9.42 Å². The zero-order chi connectivity index (χ0) is 17.6. The van der Waals surface area contributed by atoms with Crippen molar-refractivity contribution >= 4 is 17.5 Å². The minimum Gasteiger partial charge on any atom is -0.337 e. The van der Waals surface area contributed by atoms with Crippen LogP contribution in [-0.4, -0.2) is 27.5 Å². The first-order valence-corrected chi connectivity index (χ1v) is 8.09. The topological polar surface area (TPSA) is 59.2 Å². The lowest BCUT2D eigenvalue weighted by Crippen LogP contribution is -2.31. The highest BCUT2D eigenvalue weighted by Gasteiger charge is 2.20. The SMILES string of the molecule is C=CCN(Cc1nc(-c2ccccc2)no1)C(=O)c1ccccc1Cl. The Hall–Kier alpha value is -2.92. The Morgan fingerprint density at radius 1 is 1.16 bits per heavy atom. The van der Waals surface area contributed by atoms with Crippen LogP contribution in [-0.2, 0) is 6.54 Å². The number of halogens is 1. The van der Waals surface area contributed by atoms with Gasteiger partial charge in [0.05, 0.1) is 10.6 Å². The molecule has 0 fully saturated rings. The van der Waals surface area contributed by atoms with Gasteiger partial charge in [0.25, 0.3) is 5.91 Å². The summed E-state index contributed by atoms with van der Waals surface area (Å²) in [5, 5.41) is 4.37. The average molecular weight is 354 g/mol. The molecule has 3 aromatic rings. The standard InChI is InChI=1S/C19H16ClN3O2/c1-2-12-23(19(24)15-10-6-7-11-16(15)20)13-17-21-18(22-25-17)14-8-4-3-5-9-14/h2-11H,1,12-13H2. The minimum absolute atomic E-state index is 0.176. The molecule has 1 heterocycles. The van der Waals surface area contributed by atoms with Crippen LogP contribution >= 0.6 is 11.6 Å². The summed E-state index contributed by atoms with van der Waals surface area (Å²) in [6.45, 7) is 4.22. The third kappa shape index (κ3) is 3.95. The van der Waals surface area contributed by atoms with Gasteiger partial charge in [-0.15, -0.1) is 6.58 Å². The fourth-order valence-corrected chi connectivity index (χ4v) is 2.58. The highest BCUT2D eigenvalue weighted by Crippen LogP contribution is 2.19. The summed E-state index contributed by atoms with van der Waals surface area (Å²) in [4.78, 5) is 18.7. The van der Waals surface area contributed by atoms with Gasteiger partial charge in [0.15, 0.2) is 0 Å². The van der Waals surface area contributed by atoms with Crippen molar-refractivity contribution in [3.05, 3.63) is 83.7 Å². The number of carbonyl (C=O) groups excluding carboxylic acids is 1. The first-order chi connectivity index (χ1) is 12.2. The Balaban J connectivity index is 1.81. The van der Waals surface area contributed by atoms with Crippen molar-refractivity contribution in [1.29, 1.82) is 0 Å². The van der Waals surface area contributed by atoms with E-state index in [2.05, 4.69) is 16.7 Å². The van der Waals surface area contributed by atoms with Crippen LogP contribution in [0.4, 0.5) is 0 Å². The molecule has 0 radical (unpaired) electrons. The van der Waals surface area contributed by atoms with Crippen LogP contribution in [0.2, 0.25) is 5.02 Å². The molecule has 0 spiro atoms. The van der Waals surface area contributed by atoms with E-state index in [1.165, 1.54) is 0 Å². The second-order valence-electron chi connectivity index (χ2n) is 5.33. The molecular formula is C19H16ClN3O2. The molecule has 0 aliphatic heterocycles. The largest absolute Gasteiger partial charge is 0.337 e. The van der Waals surface area contributed by atoms with E-state index in [0.29, 0.717) is 28.8 Å². The maximum atomic E-state index is 12.7. The Morgan fingerprint density at radius 2 is 1.88 bits per heavy atom. The summed E-state index contributed by atoms with van der Waals surface area (Å²) >= 11 is 6.13. The van der Waals surface area contributed by atoms with Crippen molar-refractivity contribution in [3.8, 4) is 11.4 Å². The van der Waals surface area contributed by atoms with E-state index in [1.54, 1.807) is 35.2 Å². The molecule has 0 unspecified atom stereocenters. The number of hydrogen-bond donors (Lipinski definition) is 0. The molecule has 0 saturated carbocycles. The van der Waals surface area contributed by atoms with Crippen LogP contribution in [0.25, 0.3) is 11.4 Å². The molecule has 25 heavy (non-hydrogen) atoms. The molecular weight excluding hydrogens is 338 g/mol. The summed E-state index contributed by atoms with van der Waals surface area (Å²) in [6, 6.07) is 16.4. The van der Waals surface area contributed by atoms with Gasteiger partial charge in [0.1, 0.15) is 6.54 Å². The number of nitrogens with zero attached hydrogens (tertiary/aromatic N) is 3. The summed E-state index contributed by atoms with van der Waals surface area (Å²) in [5.74, 6) is 0.616. The Kier molecular flexibility index (Phi) is 5.26. The molecule has 0 aliphatic carbocycles. The number of benzene rings is 2. The lowest BCUT2D eigenvalue weighted by atomic mass is 10.2. The maximum absolute atomic E-state index is 12.7. The second kappa shape index (κ2) is 7.77. The van der Waals surface area contributed by atoms with Crippen LogP contribution in [0.1, 0.15) is 16.2 Å². The van der Waals surface area contributed by atoms with E-state index in [9.17, 15) is 4.79 Å². The maximum Gasteiger partial charge on any atom is 0.256 e. The molecule has 0 bridgehead atoms. The van der Waals surface area contributed by atoms with E-state index in [0.717, 1.165) is 5.56 Å². The highest BCUT2D eigenvalue weighted by molar-refractivity contribution is 6.33. The molecule has 0 N–H and O–H groups in total. The van der Waals surface area contributed by atoms with Crippen molar-refractivity contribution in [2.75, 3.05) is 6.54 Å². The monoisotopic (exact) mass is 353 g/mol. The average Bonchev–Trinajstić information content (AvgIpc) is 3.11. The Bertz CT molecular complexity index is 877. The number of aromatic nitrogens is 2. The molecule has 0 atom stereocenters. The first-order valence-electron chi connectivity index (χ1n) is 7.71. The lowest BCUT2D eigenvalue weighted by molar-refractivity contribution is 0.0745. The van der Waals surface area contributed by atoms with Gasteiger partial charge in [-0.1, -0.05) is 65.3 Å². The van der Waals surface area contributed by atoms with Crippen molar-refractivity contribution < 1.29 is 9.32 Å². The van der Waals surface area contributed by atoms with Crippen molar-refractivity contribution in [2.24, 2.45) is 0 Å². The summed E-state index contributed by atoms with van der Waals surface area (Å²) in [6.07, 6.45) is 1.64. The molecule has 1 aromatic heterocycles. The van der Waals surface area contributed by atoms with Crippen LogP contribution in [0.15, 0.2) is 71.8 Å². The number of rotatable bonds is 6. The smallest absolute Gasteiger partial charge is 0.256 e. The van der Waals surface area contributed by atoms with Crippen LogP contribution < -0.4 is 0 Å². The predicted octanol–water partition coefficient (Wildman–Crippen LogP) is 4.22. The van der Waals surface area contributed by atoms with Gasteiger partial charge in [0, 0.05) is 12.1 Å². The number of carbonyl (C=O) groups is 1. The summed E-state index contributed by atoms with van der Waals surface area (Å²) in [5.41, 5.74) is 1.28. The van der Waals surface area contributed by atoms with E-state index >= 15 is 0 Å². The number of amides is 1. The lowest BCUT2D eigenvalue weighted by Gasteiger charge is -2.19. The van der Waals surface area contributed by atoms with Crippen LogP contribution in [0.3, 0.4) is 0 Å². The zero-order valence-electron chi connectivity index (χ0n) is 13.4. The molecule has 6 heteroatoms. The third-order valence-electron chi connectivity index (χ3n) is 3.57. The second-order valence-corrected chi connectivity index (χ2v) is 5.74. The van der Waals surface area contributed by atoms with Crippen LogP contribution in [0, 0.1) is 0 Å². The molecule has 126 valence electrons. The fourth-order valence-electron chi connectivity index (χ4n) is 2.37. The van der Waals surface area contributed by atoms with Gasteiger partial charge in [-0.05, 0) is 12.1 Å². The molecule has 1 amide bonds. The van der Waals surface area contributed by atoms with Gasteiger partial charge in [-0.25, -0.2) is 0 Å². The van der Waals surface area contributed by atoms with Crippen molar-refractivity contribution in [1.82, 2.24) is 15.0 Å². The molecule has 3 rings (SSSR count). The van der Waals surface area contributed by atoms with Gasteiger partial charge >= 0.3 is 0 Å². The zero-order valence-corrected chi connectivity index (χ0v) is 14.2. The highest BCUT2D eigenvalue weighted by atomic mass is 35.5. The van der Waals surface area contributed by atoms with E-state index in [-0.39, 0.29) is 12.5 Å². The normalized spacial score (nSPS) is 10.4. The first kappa shape index (κ1) is 16.9. The molecule has 5 nitrogen and oxygen atoms in total. The van der Waals surface area contributed by atoms with E-state index in [4.69, 9.17) is 16.1 Å². The van der Waals surface area contributed by atoms with Gasteiger partial charge in [-0.3, -0.25) is 4.79 Å². The quantitative estimate of drug-likeness (QED) is 0.622. The van der Waals surface area contributed by atoms with Crippen LogP contribution in [0.5, 0.6) is 0 Å². The van der Waals surface area contributed by atoms with E-state index in [1.807, 2.05) is 30.3 Å². The molecule has 0 saturated heterocycles. The Morgan fingerprint density at radius 3 is 2.60 bits per heavy atom. The number of hydrogen-bond acceptors (Lipinski definition) is 4. The van der Waals surface area contributed by atoms with Gasteiger partial charge in [-0.2, -0.15) is 4.98 Å².